The molecule has 204 valence electrons. The summed E-state index contributed by atoms with van der Waals surface area (Å²) in [5.41, 5.74) is 4.69. The Balaban J connectivity index is 1.30. The molecule has 4 heterocycles. The van der Waals surface area contributed by atoms with Crippen molar-refractivity contribution in [1.29, 1.82) is 0 Å². The first-order chi connectivity index (χ1) is 19.6. The number of piperazine rings is 1. The molecule has 9 heteroatoms. The van der Waals surface area contributed by atoms with Crippen LogP contribution < -0.4 is 18.9 Å². The van der Waals surface area contributed by atoms with Gasteiger partial charge in [0.25, 0.3) is 0 Å². The summed E-state index contributed by atoms with van der Waals surface area (Å²) in [7, 11) is 1.60. The van der Waals surface area contributed by atoms with Crippen LogP contribution in [0.2, 0.25) is 0 Å². The summed E-state index contributed by atoms with van der Waals surface area (Å²) >= 11 is 0. The van der Waals surface area contributed by atoms with E-state index in [1.165, 1.54) is 0 Å². The zero-order valence-corrected chi connectivity index (χ0v) is 22.3. The summed E-state index contributed by atoms with van der Waals surface area (Å²) in [4.78, 5) is 35.0. The van der Waals surface area contributed by atoms with E-state index in [1.807, 2.05) is 61.5 Å². The van der Waals surface area contributed by atoms with Gasteiger partial charge >= 0.3 is 0 Å². The fourth-order valence-corrected chi connectivity index (χ4v) is 6.19. The lowest BCUT2D eigenvalue weighted by molar-refractivity contribution is -0.159. The second kappa shape index (κ2) is 9.51. The SMILES string of the molecule is CCOc1ccc([C@@H]2c3[nH]c4ccccc4c3C[C@H]3C(=O)N(Cc4ccc5c(c4)OCO5)CC(=O)N23)cc1OC. The molecule has 0 saturated carbocycles. The summed E-state index contributed by atoms with van der Waals surface area (Å²) in [5, 5.41) is 1.06. The fraction of sp³-hybridized carbons (Fsp3) is 0.290. The molecule has 1 saturated heterocycles. The number of rotatable bonds is 6. The van der Waals surface area contributed by atoms with Gasteiger partial charge in [-0.25, -0.2) is 0 Å². The predicted molar refractivity (Wildman–Crippen MR) is 147 cm³/mol. The first-order valence-corrected chi connectivity index (χ1v) is 13.4. The third-order valence-corrected chi connectivity index (χ3v) is 7.96. The van der Waals surface area contributed by atoms with Crippen molar-refractivity contribution < 1.29 is 28.5 Å². The van der Waals surface area contributed by atoms with E-state index in [4.69, 9.17) is 18.9 Å². The maximum absolute atomic E-state index is 14.1. The van der Waals surface area contributed by atoms with Gasteiger partial charge in [0, 0.05) is 29.6 Å². The number of carbonyl (C=O) groups is 2. The number of carbonyl (C=O) groups excluding carboxylic acids is 2. The van der Waals surface area contributed by atoms with E-state index in [1.54, 1.807) is 16.9 Å². The lowest BCUT2D eigenvalue weighted by Crippen LogP contribution is -2.62. The highest BCUT2D eigenvalue weighted by atomic mass is 16.7. The minimum absolute atomic E-state index is 0.00992. The first-order valence-electron chi connectivity index (χ1n) is 13.4. The summed E-state index contributed by atoms with van der Waals surface area (Å²) in [6, 6.07) is 18.3. The molecule has 3 aliphatic heterocycles. The Morgan fingerprint density at radius 3 is 2.70 bits per heavy atom. The molecule has 0 radical (unpaired) electrons. The maximum Gasteiger partial charge on any atom is 0.246 e. The molecule has 40 heavy (non-hydrogen) atoms. The van der Waals surface area contributed by atoms with Gasteiger partial charge in [0.1, 0.15) is 12.6 Å². The number of nitrogens with one attached hydrogen (secondary N) is 1. The molecule has 0 spiro atoms. The van der Waals surface area contributed by atoms with Gasteiger partial charge in [-0.3, -0.25) is 9.59 Å². The molecule has 9 nitrogen and oxygen atoms in total. The highest BCUT2D eigenvalue weighted by molar-refractivity contribution is 5.97. The minimum atomic E-state index is -0.635. The van der Waals surface area contributed by atoms with Gasteiger partial charge in [-0.2, -0.15) is 0 Å². The van der Waals surface area contributed by atoms with Crippen LogP contribution in [0.15, 0.2) is 60.7 Å². The normalized spacial score (nSPS) is 19.6. The van der Waals surface area contributed by atoms with E-state index in [0.717, 1.165) is 33.3 Å². The van der Waals surface area contributed by atoms with E-state index in [9.17, 15) is 9.59 Å². The van der Waals surface area contributed by atoms with Crippen molar-refractivity contribution >= 4 is 22.7 Å². The van der Waals surface area contributed by atoms with Crippen molar-refractivity contribution in [2.45, 2.75) is 32.0 Å². The third-order valence-electron chi connectivity index (χ3n) is 7.96. The standard InChI is InChI=1S/C31H29N3O6/c1-3-38-24-11-9-19(13-26(24)37-2)30-29-21(20-6-4-5-7-22(20)32-29)14-23-31(36)33(16-28(35)34(23)30)15-18-8-10-25-27(12-18)40-17-39-25/h4-13,23,30,32H,3,14-17H2,1-2H3/t23-,30+/m0/s1. The largest absolute Gasteiger partial charge is 0.493 e. The average Bonchev–Trinajstić information content (AvgIpc) is 3.59. The number of aromatic amines is 1. The molecule has 2 atom stereocenters. The van der Waals surface area contributed by atoms with E-state index in [-0.39, 0.29) is 25.2 Å². The molecule has 3 aromatic carbocycles. The first kappa shape index (κ1) is 24.4. The highest BCUT2D eigenvalue weighted by Crippen LogP contribution is 2.44. The number of ether oxygens (including phenoxy) is 4. The molecule has 1 aromatic heterocycles. The smallest absolute Gasteiger partial charge is 0.246 e. The second-order valence-electron chi connectivity index (χ2n) is 10.2. The molecule has 1 fully saturated rings. The van der Waals surface area contributed by atoms with Crippen LogP contribution in [0.4, 0.5) is 0 Å². The molecule has 2 amide bonds. The molecular formula is C31H29N3O6. The van der Waals surface area contributed by atoms with Crippen LogP contribution >= 0.6 is 0 Å². The predicted octanol–water partition coefficient (Wildman–Crippen LogP) is 4.19. The Hall–Kier alpha value is -4.66. The van der Waals surface area contributed by atoms with E-state index >= 15 is 0 Å². The number of H-pyrrole nitrogens is 1. The lowest BCUT2D eigenvalue weighted by Gasteiger charge is -2.47. The van der Waals surface area contributed by atoms with Crippen LogP contribution in [0, 0.1) is 0 Å². The van der Waals surface area contributed by atoms with Crippen molar-refractivity contribution in [2.24, 2.45) is 0 Å². The number of hydrogen-bond donors (Lipinski definition) is 1. The van der Waals surface area contributed by atoms with E-state index in [0.29, 0.717) is 42.6 Å². The van der Waals surface area contributed by atoms with Crippen LogP contribution in [0.3, 0.4) is 0 Å². The maximum atomic E-state index is 14.1. The number of hydrogen-bond acceptors (Lipinski definition) is 6. The highest BCUT2D eigenvalue weighted by Gasteiger charge is 2.48. The summed E-state index contributed by atoms with van der Waals surface area (Å²) in [6.45, 7) is 2.91. The van der Waals surface area contributed by atoms with Crippen molar-refractivity contribution in [3.63, 3.8) is 0 Å². The van der Waals surface area contributed by atoms with Gasteiger partial charge in [-0.05, 0) is 53.9 Å². The number of fused-ring (bicyclic) bond motifs is 5. The Morgan fingerprint density at radius 1 is 1.00 bits per heavy atom. The summed E-state index contributed by atoms with van der Waals surface area (Å²) in [5.74, 6) is 2.38. The van der Waals surface area contributed by atoms with Crippen LogP contribution in [0.5, 0.6) is 23.0 Å². The van der Waals surface area contributed by atoms with E-state index in [2.05, 4.69) is 11.1 Å². The quantitative estimate of drug-likeness (QED) is 0.395. The number of amides is 2. The third kappa shape index (κ3) is 3.84. The van der Waals surface area contributed by atoms with Crippen molar-refractivity contribution in [1.82, 2.24) is 14.8 Å². The molecule has 0 bridgehead atoms. The molecule has 3 aliphatic rings. The van der Waals surface area contributed by atoms with Crippen molar-refractivity contribution in [2.75, 3.05) is 27.1 Å². The van der Waals surface area contributed by atoms with Crippen LogP contribution in [0.25, 0.3) is 10.9 Å². The Bertz CT molecular complexity index is 1650. The fourth-order valence-electron chi connectivity index (χ4n) is 6.19. The zero-order valence-electron chi connectivity index (χ0n) is 22.3. The molecule has 0 unspecified atom stereocenters. The van der Waals surface area contributed by atoms with Gasteiger partial charge in [0.05, 0.1) is 19.8 Å². The topological polar surface area (TPSA) is 93.3 Å². The molecule has 0 aliphatic carbocycles. The zero-order chi connectivity index (χ0) is 27.4. The van der Waals surface area contributed by atoms with Crippen molar-refractivity contribution in [3.05, 3.63) is 83.0 Å². The monoisotopic (exact) mass is 539 g/mol. The van der Waals surface area contributed by atoms with Gasteiger partial charge in [-0.15, -0.1) is 0 Å². The van der Waals surface area contributed by atoms with Gasteiger partial charge in [0.15, 0.2) is 23.0 Å². The Labute approximate surface area is 231 Å². The lowest BCUT2D eigenvalue weighted by atomic mass is 9.86. The molecular weight excluding hydrogens is 510 g/mol. The van der Waals surface area contributed by atoms with Crippen LogP contribution in [-0.4, -0.2) is 59.7 Å². The minimum Gasteiger partial charge on any atom is -0.493 e. The second-order valence-corrected chi connectivity index (χ2v) is 10.2. The van der Waals surface area contributed by atoms with E-state index < -0.39 is 12.1 Å². The van der Waals surface area contributed by atoms with Crippen molar-refractivity contribution in [3.8, 4) is 23.0 Å². The molecule has 1 N–H and O–H groups in total. The van der Waals surface area contributed by atoms with Crippen LogP contribution in [0.1, 0.15) is 35.3 Å². The molecule has 4 aromatic rings. The number of para-hydroxylation sites is 1. The van der Waals surface area contributed by atoms with Gasteiger partial charge in [0.2, 0.25) is 18.6 Å². The number of benzene rings is 3. The van der Waals surface area contributed by atoms with Gasteiger partial charge < -0.3 is 33.7 Å². The number of nitrogens with zero attached hydrogens (tertiary/aromatic N) is 2. The number of methoxy groups -OCH3 is 1. The Kier molecular flexibility index (Phi) is 5.80. The molecule has 7 rings (SSSR count). The average molecular weight is 540 g/mol. The van der Waals surface area contributed by atoms with Crippen LogP contribution in [-0.2, 0) is 22.6 Å². The Morgan fingerprint density at radius 2 is 1.85 bits per heavy atom. The number of aromatic nitrogens is 1. The summed E-state index contributed by atoms with van der Waals surface area (Å²) in [6.07, 6.45) is 0.437. The summed E-state index contributed by atoms with van der Waals surface area (Å²) < 4.78 is 22.3. The van der Waals surface area contributed by atoms with Gasteiger partial charge in [-0.1, -0.05) is 30.3 Å².